The summed E-state index contributed by atoms with van der Waals surface area (Å²) < 4.78 is 15.7. The molecule has 0 aliphatic carbocycles. The van der Waals surface area contributed by atoms with Crippen LogP contribution in [-0.2, 0) is 18.3 Å². The van der Waals surface area contributed by atoms with E-state index in [0.717, 1.165) is 53.1 Å². The maximum absolute atomic E-state index is 12.0. The second kappa shape index (κ2) is 10.0. The molecule has 0 aliphatic heterocycles. The van der Waals surface area contributed by atoms with Crippen LogP contribution in [0.25, 0.3) is 22.2 Å². The smallest absolute Gasteiger partial charge is 0.250 e. The SMILES string of the molecule is CCCn1c(C(C)CCOC)nc2c(Oc3ccccc3)c(-c3ccc(=O)n(C)c3)ccc21. The third kappa shape index (κ3) is 4.71. The summed E-state index contributed by atoms with van der Waals surface area (Å²) in [6.45, 7) is 5.94. The van der Waals surface area contributed by atoms with Crippen molar-refractivity contribution < 1.29 is 9.47 Å². The van der Waals surface area contributed by atoms with Crippen molar-refractivity contribution in [1.29, 1.82) is 0 Å². The zero-order chi connectivity index (χ0) is 23.4. The lowest BCUT2D eigenvalue weighted by molar-refractivity contribution is 0.188. The van der Waals surface area contributed by atoms with Gasteiger partial charge < -0.3 is 18.6 Å². The van der Waals surface area contributed by atoms with Crippen LogP contribution in [0.15, 0.2) is 65.6 Å². The van der Waals surface area contributed by atoms with Crippen molar-refractivity contribution >= 4 is 11.0 Å². The number of imidazole rings is 1. The largest absolute Gasteiger partial charge is 0.454 e. The van der Waals surface area contributed by atoms with Crippen LogP contribution in [-0.4, -0.2) is 27.8 Å². The van der Waals surface area contributed by atoms with Gasteiger partial charge in [-0.1, -0.05) is 32.0 Å². The van der Waals surface area contributed by atoms with Gasteiger partial charge in [-0.15, -0.1) is 0 Å². The van der Waals surface area contributed by atoms with E-state index in [2.05, 4.69) is 30.5 Å². The Hall–Kier alpha value is -3.38. The summed E-state index contributed by atoms with van der Waals surface area (Å²) in [6.07, 6.45) is 3.74. The third-order valence-electron chi connectivity index (χ3n) is 5.91. The first-order valence-corrected chi connectivity index (χ1v) is 11.5. The fraction of sp³-hybridized carbons (Fsp3) is 0.333. The summed E-state index contributed by atoms with van der Waals surface area (Å²) in [5.74, 6) is 2.73. The molecule has 6 nitrogen and oxygen atoms in total. The highest BCUT2D eigenvalue weighted by molar-refractivity contribution is 5.91. The van der Waals surface area contributed by atoms with E-state index in [4.69, 9.17) is 14.5 Å². The second-order valence-electron chi connectivity index (χ2n) is 8.40. The van der Waals surface area contributed by atoms with Crippen molar-refractivity contribution in [3.63, 3.8) is 0 Å². The zero-order valence-electron chi connectivity index (χ0n) is 19.7. The van der Waals surface area contributed by atoms with E-state index in [1.54, 1.807) is 24.8 Å². The van der Waals surface area contributed by atoms with E-state index in [1.807, 2.05) is 42.6 Å². The van der Waals surface area contributed by atoms with Gasteiger partial charge >= 0.3 is 0 Å². The molecule has 0 amide bonds. The molecular weight excluding hydrogens is 414 g/mol. The van der Waals surface area contributed by atoms with Gasteiger partial charge in [0, 0.05) is 56.6 Å². The van der Waals surface area contributed by atoms with E-state index >= 15 is 0 Å². The van der Waals surface area contributed by atoms with Crippen LogP contribution in [0.1, 0.15) is 38.4 Å². The Morgan fingerprint density at radius 3 is 2.55 bits per heavy atom. The molecule has 6 heteroatoms. The fourth-order valence-corrected chi connectivity index (χ4v) is 4.13. The quantitative estimate of drug-likeness (QED) is 0.329. The normalized spacial score (nSPS) is 12.2. The molecule has 0 aliphatic rings. The first kappa shape index (κ1) is 22.8. The van der Waals surface area contributed by atoms with Crippen molar-refractivity contribution in [1.82, 2.24) is 14.1 Å². The van der Waals surface area contributed by atoms with Crippen LogP contribution in [0, 0.1) is 0 Å². The Morgan fingerprint density at radius 1 is 1.06 bits per heavy atom. The molecule has 0 fully saturated rings. The third-order valence-corrected chi connectivity index (χ3v) is 5.91. The Bertz CT molecular complexity index is 1290. The lowest BCUT2D eigenvalue weighted by Crippen LogP contribution is -2.14. The Morgan fingerprint density at radius 2 is 1.85 bits per heavy atom. The van der Waals surface area contributed by atoms with Gasteiger partial charge in [0.15, 0.2) is 5.75 Å². The number of benzene rings is 2. The first-order valence-electron chi connectivity index (χ1n) is 11.5. The lowest BCUT2D eigenvalue weighted by Gasteiger charge is -2.14. The van der Waals surface area contributed by atoms with Crippen LogP contribution < -0.4 is 10.3 Å². The van der Waals surface area contributed by atoms with Crippen LogP contribution in [0.5, 0.6) is 11.5 Å². The maximum Gasteiger partial charge on any atom is 0.250 e. The minimum absolute atomic E-state index is 0.0492. The number of fused-ring (bicyclic) bond motifs is 1. The number of para-hydroxylation sites is 1. The summed E-state index contributed by atoms with van der Waals surface area (Å²) in [6, 6.07) is 17.4. The van der Waals surface area contributed by atoms with Gasteiger partial charge in [0.1, 0.15) is 17.1 Å². The van der Waals surface area contributed by atoms with Crippen molar-refractivity contribution in [2.45, 2.75) is 39.2 Å². The first-order chi connectivity index (χ1) is 16.0. The van der Waals surface area contributed by atoms with Gasteiger partial charge in [0.25, 0.3) is 0 Å². The molecule has 0 saturated carbocycles. The van der Waals surface area contributed by atoms with Crippen molar-refractivity contribution in [3.05, 3.63) is 77.0 Å². The average molecular weight is 446 g/mol. The molecule has 2 aromatic heterocycles. The predicted octanol–water partition coefficient (Wildman–Crippen LogP) is 5.74. The van der Waals surface area contributed by atoms with Gasteiger partial charge in [-0.05, 0) is 43.2 Å². The number of methoxy groups -OCH3 is 1. The molecular formula is C27H31N3O3. The predicted molar refractivity (Wildman–Crippen MR) is 132 cm³/mol. The molecule has 0 spiro atoms. The van der Waals surface area contributed by atoms with E-state index in [9.17, 15) is 4.79 Å². The molecule has 1 unspecified atom stereocenters. The fourth-order valence-electron chi connectivity index (χ4n) is 4.13. The van der Waals surface area contributed by atoms with Gasteiger partial charge in [-0.25, -0.2) is 4.98 Å². The van der Waals surface area contributed by atoms with Gasteiger partial charge in [0.05, 0.1) is 5.52 Å². The molecule has 0 N–H and O–H groups in total. The van der Waals surface area contributed by atoms with Crippen molar-refractivity contribution in [2.75, 3.05) is 13.7 Å². The molecule has 1 atom stereocenters. The molecule has 33 heavy (non-hydrogen) atoms. The molecule has 2 aromatic carbocycles. The van der Waals surface area contributed by atoms with Gasteiger partial charge in [-0.3, -0.25) is 4.79 Å². The average Bonchev–Trinajstić information content (AvgIpc) is 3.19. The number of nitrogens with zero attached hydrogens (tertiary/aromatic N) is 3. The number of pyridine rings is 1. The molecule has 0 bridgehead atoms. The number of aromatic nitrogens is 3. The highest BCUT2D eigenvalue weighted by atomic mass is 16.5. The van der Waals surface area contributed by atoms with Crippen molar-refractivity contribution in [3.8, 4) is 22.6 Å². The number of aryl methyl sites for hydroxylation is 2. The van der Waals surface area contributed by atoms with Crippen LogP contribution in [0.3, 0.4) is 0 Å². The summed E-state index contributed by atoms with van der Waals surface area (Å²) in [5, 5.41) is 0. The Labute approximate surface area is 194 Å². The summed E-state index contributed by atoms with van der Waals surface area (Å²) in [4.78, 5) is 17.1. The van der Waals surface area contributed by atoms with Crippen LogP contribution in [0.4, 0.5) is 0 Å². The summed E-state index contributed by atoms with van der Waals surface area (Å²) in [5.41, 5.74) is 3.64. The summed E-state index contributed by atoms with van der Waals surface area (Å²) >= 11 is 0. The molecule has 172 valence electrons. The number of rotatable bonds is 9. The van der Waals surface area contributed by atoms with Crippen LogP contribution in [0.2, 0.25) is 0 Å². The van der Waals surface area contributed by atoms with E-state index < -0.39 is 0 Å². The molecule has 4 rings (SSSR count). The highest BCUT2D eigenvalue weighted by Crippen LogP contribution is 2.40. The molecule has 2 heterocycles. The monoisotopic (exact) mass is 445 g/mol. The minimum atomic E-state index is -0.0492. The number of hydrogen-bond acceptors (Lipinski definition) is 4. The van der Waals surface area contributed by atoms with Gasteiger partial charge in [0.2, 0.25) is 5.56 Å². The molecule has 0 radical (unpaired) electrons. The number of ether oxygens (including phenoxy) is 2. The van der Waals surface area contributed by atoms with Gasteiger partial charge in [-0.2, -0.15) is 0 Å². The Balaban J connectivity index is 1.94. The standard InChI is InChI=1S/C27H31N3O3/c1-5-16-30-23-13-12-22(20-11-14-24(31)29(3)18-20)26(33-21-9-7-6-8-10-21)25(23)28-27(30)19(2)15-17-32-4/h6-14,18-19H,5,15-17H2,1-4H3. The minimum Gasteiger partial charge on any atom is -0.454 e. The van der Waals surface area contributed by atoms with E-state index in [0.29, 0.717) is 12.4 Å². The Kier molecular flexibility index (Phi) is 6.94. The maximum atomic E-state index is 12.0. The molecule has 0 saturated heterocycles. The number of hydrogen-bond donors (Lipinski definition) is 0. The second-order valence-corrected chi connectivity index (χ2v) is 8.40. The van der Waals surface area contributed by atoms with E-state index in [1.165, 1.54) is 0 Å². The lowest BCUT2D eigenvalue weighted by atomic mass is 10.1. The topological polar surface area (TPSA) is 58.3 Å². The van der Waals surface area contributed by atoms with E-state index in [-0.39, 0.29) is 11.5 Å². The summed E-state index contributed by atoms with van der Waals surface area (Å²) in [7, 11) is 3.49. The zero-order valence-corrected chi connectivity index (χ0v) is 19.7. The highest BCUT2D eigenvalue weighted by Gasteiger charge is 2.22. The van der Waals surface area contributed by atoms with Crippen LogP contribution >= 0.6 is 0 Å². The van der Waals surface area contributed by atoms with Crippen molar-refractivity contribution in [2.24, 2.45) is 7.05 Å². The molecule has 4 aromatic rings.